The Balaban J connectivity index is 2.67. The van der Waals surface area contributed by atoms with Gasteiger partial charge in [0, 0.05) is 18.0 Å². The van der Waals surface area contributed by atoms with E-state index in [2.05, 4.69) is 30.9 Å². The van der Waals surface area contributed by atoms with Crippen molar-refractivity contribution in [1.29, 1.82) is 0 Å². The van der Waals surface area contributed by atoms with Gasteiger partial charge in [0.05, 0.1) is 5.69 Å². The first-order valence-electron chi connectivity index (χ1n) is 5.71. The minimum absolute atomic E-state index is 0.160. The number of halogens is 1. The molecule has 0 atom stereocenters. The molecule has 0 aliphatic carbocycles. The van der Waals surface area contributed by atoms with Crippen LogP contribution in [-0.2, 0) is 0 Å². The Morgan fingerprint density at radius 3 is 2.72 bits per heavy atom. The molecule has 0 unspecified atom stereocenters. The summed E-state index contributed by atoms with van der Waals surface area (Å²) in [6.07, 6.45) is 3.44. The normalized spacial score (nSPS) is 10.9. The zero-order valence-electron chi connectivity index (χ0n) is 10.5. The molecule has 2 aromatic heterocycles. The lowest BCUT2D eigenvalue weighted by Gasteiger charge is -2.10. The van der Waals surface area contributed by atoms with Crippen molar-refractivity contribution >= 4 is 15.9 Å². The summed E-state index contributed by atoms with van der Waals surface area (Å²) in [4.78, 5) is 23.3. The summed E-state index contributed by atoms with van der Waals surface area (Å²) in [5.41, 5.74) is 2.48. The molecule has 0 saturated heterocycles. The molecule has 94 valence electrons. The van der Waals surface area contributed by atoms with Crippen LogP contribution in [0.4, 0.5) is 0 Å². The van der Waals surface area contributed by atoms with Crippen LogP contribution >= 0.6 is 15.9 Å². The van der Waals surface area contributed by atoms with Crippen molar-refractivity contribution in [3.05, 3.63) is 44.5 Å². The van der Waals surface area contributed by atoms with Crippen LogP contribution in [0.25, 0.3) is 11.4 Å². The van der Waals surface area contributed by atoms with Crippen LogP contribution in [0.3, 0.4) is 0 Å². The molecule has 0 aliphatic heterocycles. The fraction of sp³-hybridized carbons (Fsp3) is 0.308. The lowest BCUT2D eigenvalue weighted by molar-refractivity contribution is 0.803. The molecule has 0 fully saturated rings. The summed E-state index contributed by atoms with van der Waals surface area (Å²) in [7, 11) is 0. The van der Waals surface area contributed by atoms with Gasteiger partial charge in [-0.25, -0.2) is 4.98 Å². The van der Waals surface area contributed by atoms with Crippen molar-refractivity contribution < 1.29 is 0 Å². The molecule has 4 nitrogen and oxygen atoms in total. The molecule has 18 heavy (non-hydrogen) atoms. The number of pyridine rings is 1. The van der Waals surface area contributed by atoms with E-state index in [0.29, 0.717) is 10.3 Å². The lowest BCUT2D eigenvalue weighted by atomic mass is 10.1. The van der Waals surface area contributed by atoms with E-state index in [-0.39, 0.29) is 11.5 Å². The number of rotatable bonds is 2. The first-order chi connectivity index (χ1) is 8.50. The Bertz CT molecular complexity index is 634. The number of H-pyrrole nitrogens is 1. The number of nitrogens with one attached hydrogen (secondary N) is 1. The van der Waals surface area contributed by atoms with Gasteiger partial charge in [0.1, 0.15) is 10.3 Å². The zero-order chi connectivity index (χ0) is 13.3. The smallest absolute Gasteiger partial charge is 0.265 e. The third kappa shape index (κ3) is 2.36. The van der Waals surface area contributed by atoms with Crippen molar-refractivity contribution in [2.75, 3.05) is 0 Å². The molecule has 0 amide bonds. The summed E-state index contributed by atoms with van der Waals surface area (Å²) in [5.74, 6) is 0.745. The zero-order valence-corrected chi connectivity index (χ0v) is 12.1. The molecule has 1 N–H and O–H groups in total. The predicted octanol–water partition coefficient (Wildman–Crippen LogP) is 3.03. The van der Waals surface area contributed by atoms with Crippen LogP contribution in [0.1, 0.15) is 31.0 Å². The molecule has 5 heteroatoms. The van der Waals surface area contributed by atoms with Gasteiger partial charge in [0.15, 0.2) is 0 Å². The summed E-state index contributed by atoms with van der Waals surface area (Å²) in [5, 5.41) is 0. The number of aryl methyl sites for hydroxylation is 1. The Hall–Kier alpha value is -1.49. The van der Waals surface area contributed by atoms with E-state index in [1.165, 1.54) is 0 Å². The molecule has 2 rings (SSSR count). The Morgan fingerprint density at radius 2 is 2.11 bits per heavy atom. The van der Waals surface area contributed by atoms with E-state index in [4.69, 9.17) is 0 Å². The second kappa shape index (κ2) is 5.02. The van der Waals surface area contributed by atoms with Gasteiger partial charge in [-0.15, -0.1) is 0 Å². The monoisotopic (exact) mass is 307 g/mol. The SMILES string of the molecule is Cc1ccncc1-c1nc(C(C)C)c(Br)c(=O)[nH]1. The van der Waals surface area contributed by atoms with Gasteiger partial charge >= 0.3 is 0 Å². The first-order valence-corrected chi connectivity index (χ1v) is 6.50. The summed E-state index contributed by atoms with van der Waals surface area (Å²) >= 11 is 3.28. The van der Waals surface area contributed by atoms with E-state index in [0.717, 1.165) is 16.8 Å². The van der Waals surface area contributed by atoms with Crippen LogP contribution in [0, 0.1) is 6.92 Å². The van der Waals surface area contributed by atoms with E-state index < -0.39 is 0 Å². The highest BCUT2D eigenvalue weighted by molar-refractivity contribution is 9.10. The highest BCUT2D eigenvalue weighted by Crippen LogP contribution is 2.23. The average Bonchev–Trinajstić information content (AvgIpc) is 2.33. The fourth-order valence-corrected chi connectivity index (χ4v) is 2.34. The van der Waals surface area contributed by atoms with Crippen molar-refractivity contribution in [3.8, 4) is 11.4 Å². The second-order valence-corrected chi connectivity index (χ2v) is 5.25. The highest BCUT2D eigenvalue weighted by Gasteiger charge is 2.14. The molecule has 0 radical (unpaired) electrons. The maximum Gasteiger partial charge on any atom is 0.265 e. The molecule has 2 heterocycles. The minimum atomic E-state index is -0.160. The Kier molecular flexibility index (Phi) is 3.61. The van der Waals surface area contributed by atoms with Crippen molar-refractivity contribution in [2.24, 2.45) is 0 Å². The summed E-state index contributed by atoms with van der Waals surface area (Å²) in [6.45, 7) is 5.98. The Labute approximate surface area is 114 Å². The Morgan fingerprint density at radius 1 is 1.39 bits per heavy atom. The molecule has 0 spiro atoms. The number of hydrogen-bond acceptors (Lipinski definition) is 3. The third-order valence-corrected chi connectivity index (χ3v) is 3.50. The fourth-order valence-electron chi connectivity index (χ4n) is 1.70. The largest absolute Gasteiger partial charge is 0.305 e. The number of aromatic amines is 1. The van der Waals surface area contributed by atoms with Crippen LogP contribution < -0.4 is 5.56 Å². The van der Waals surface area contributed by atoms with Gasteiger partial charge in [-0.05, 0) is 40.4 Å². The second-order valence-electron chi connectivity index (χ2n) is 4.46. The number of nitrogens with zero attached hydrogens (tertiary/aromatic N) is 2. The van der Waals surface area contributed by atoms with E-state index in [9.17, 15) is 4.79 Å². The third-order valence-electron chi connectivity index (χ3n) is 2.73. The van der Waals surface area contributed by atoms with Gasteiger partial charge in [-0.3, -0.25) is 9.78 Å². The molecular formula is C13H14BrN3O. The van der Waals surface area contributed by atoms with Gasteiger partial charge in [-0.2, -0.15) is 0 Å². The van der Waals surface area contributed by atoms with Gasteiger partial charge in [-0.1, -0.05) is 13.8 Å². The summed E-state index contributed by atoms with van der Waals surface area (Å²) in [6, 6.07) is 1.90. The average molecular weight is 308 g/mol. The predicted molar refractivity (Wildman–Crippen MR) is 74.6 cm³/mol. The molecule has 0 saturated carbocycles. The van der Waals surface area contributed by atoms with Crippen LogP contribution in [0.5, 0.6) is 0 Å². The van der Waals surface area contributed by atoms with Gasteiger partial charge in [0.25, 0.3) is 5.56 Å². The quantitative estimate of drug-likeness (QED) is 0.927. The molecule has 0 bridgehead atoms. The number of aromatic nitrogens is 3. The van der Waals surface area contributed by atoms with E-state index in [1.54, 1.807) is 12.4 Å². The molecule has 0 aromatic carbocycles. The summed E-state index contributed by atoms with van der Waals surface area (Å²) < 4.78 is 0.503. The van der Waals surface area contributed by atoms with Crippen molar-refractivity contribution in [2.45, 2.75) is 26.7 Å². The maximum atomic E-state index is 11.9. The van der Waals surface area contributed by atoms with E-state index in [1.807, 2.05) is 26.8 Å². The first kappa shape index (κ1) is 13.0. The maximum absolute atomic E-state index is 11.9. The van der Waals surface area contributed by atoms with Crippen LogP contribution in [-0.4, -0.2) is 15.0 Å². The standard InChI is InChI=1S/C13H14BrN3O/c1-7(2)11-10(14)13(18)17-12(16-11)9-6-15-5-4-8(9)3/h4-7H,1-3H3,(H,16,17,18). The van der Waals surface area contributed by atoms with Crippen molar-refractivity contribution in [1.82, 2.24) is 15.0 Å². The minimum Gasteiger partial charge on any atom is -0.305 e. The molecule has 2 aromatic rings. The van der Waals surface area contributed by atoms with E-state index >= 15 is 0 Å². The van der Waals surface area contributed by atoms with Crippen LogP contribution in [0.15, 0.2) is 27.7 Å². The van der Waals surface area contributed by atoms with Gasteiger partial charge in [0.2, 0.25) is 0 Å². The van der Waals surface area contributed by atoms with Crippen LogP contribution in [0.2, 0.25) is 0 Å². The lowest BCUT2D eigenvalue weighted by Crippen LogP contribution is -2.14. The van der Waals surface area contributed by atoms with Gasteiger partial charge < -0.3 is 4.98 Å². The van der Waals surface area contributed by atoms with Crippen molar-refractivity contribution in [3.63, 3.8) is 0 Å². The number of hydrogen-bond donors (Lipinski definition) is 1. The highest BCUT2D eigenvalue weighted by atomic mass is 79.9. The molecule has 0 aliphatic rings. The topological polar surface area (TPSA) is 58.6 Å². The molecular weight excluding hydrogens is 294 g/mol.